The van der Waals surface area contributed by atoms with Crippen molar-refractivity contribution in [2.75, 3.05) is 0 Å². The van der Waals surface area contributed by atoms with Gasteiger partial charge in [0.1, 0.15) is 0 Å². The summed E-state index contributed by atoms with van der Waals surface area (Å²) in [4.78, 5) is 1.40. The van der Waals surface area contributed by atoms with E-state index < -0.39 is 0 Å². The lowest BCUT2D eigenvalue weighted by Gasteiger charge is -2.13. The third-order valence-electron chi connectivity index (χ3n) is 3.23. The Labute approximate surface area is 114 Å². The van der Waals surface area contributed by atoms with Crippen LogP contribution in [0.4, 0.5) is 0 Å². The van der Waals surface area contributed by atoms with Gasteiger partial charge in [-0.1, -0.05) is 44.2 Å². The van der Waals surface area contributed by atoms with Crippen molar-refractivity contribution < 1.29 is 0 Å². The highest BCUT2D eigenvalue weighted by molar-refractivity contribution is 7.10. The average molecular weight is 259 g/mol. The van der Waals surface area contributed by atoms with Crippen molar-refractivity contribution in [3.63, 3.8) is 0 Å². The number of benzene rings is 1. The van der Waals surface area contributed by atoms with Crippen molar-refractivity contribution in [2.45, 2.75) is 39.3 Å². The van der Waals surface area contributed by atoms with E-state index in [4.69, 9.17) is 0 Å². The van der Waals surface area contributed by atoms with E-state index in [0.717, 1.165) is 6.54 Å². The Balaban J connectivity index is 1.90. The molecule has 0 bridgehead atoms. The third-order valence-corrected chi connectivity index (χ3v) is 4.28. The summed E-state index contributed by atoms with van der Waals surface area (Å²) in [5.41, 5.74) is 2.76. The van der Waals surface area contributed by atoms with Gasteiger partial charge in [0.15, 0.2) is 0 Å². The summed E-state index contributed by atoms with van der Waals surface area (Å²) in [5, 5.41) is 5.69. The molecule has 0 aliphatic heterocycles. The van der Waals surface area contributed by atoms with E-state index in [2.05, 4.69) is 67.9 Å². The zero-order valence-corrected chi connectivity index (χ0v) is 12.1. The Hall–Kier alpha value is -1.12. The molecule has 0 spiro atoms. The topological polar surface area (TPSA) is 12.0 Å². The van der Waals surface area contributed by atoms with Crippen LogP contribution in [-0.4, -0.2) is 0 Å². The zero-order valence-electron chi connectivity index (χ0n) is 11.3. The maximum Gasteiger partial charge on any atom is 0.0388 e. The van der Waals surface area contributed by atoms with E-state index >= 15 is 0 Å². The van der Waals surface area contributed by atoms with Crippen LogP contribution in [0.25, 0.3) is 0 Å². The molecule has 0 radical (unpaired) electrons. The number of hydrogen-bond donors (Lipinski definition) is 1. The molecule has 18 heavy (non-hydrogen) atoms. The summed E-state index contributed by atoms with van der Waals surface area (Å²) in [6, 6.07) is 13.6. The highest BCUT2D eigenvalue weighted by Gasteiger charge is 2.05. The molecule has 2 heteroatoms. The van der Waals surface area contributed by atoms with Crippen molar-refractivity contribution in [1.29, 1.82) is 0 Å². The Morgan fingerprint density at radius 2 is 1.78 bits per heavy atom. The molecule has 0 aliphatic carbocycles. The van der Waals surface area contributed by atoms with E-state index in [0.29, 0.717) is 12.0 Å². The number of hydrogen-bond acceptors (Lipinski definition) is 2. The molecule has 1 N–H and O–H groups in total. The van der Waals surface area contributed by atoms with Crippen LogP contribution in [0, 0.1) is 0 Å². The second kappa shape index (κ2) is 6.17. The Morgan fingerprint density at radius 3 is 2.33 bits per heavy atom. The molecule has 0 aliphatic rings. The van der Waals surface area contributed by atoms with Gasteiger partial charge in [-0.3, -0.25) is 0 Å². The van der Waals surface area contributed by atoms with Crippen molar-refractivity contribution >= 4 is 11.3 Å². The minimum Gasteiger partial charge on any atom is -0.305 e. The molecule has 0 fully saturated rings. The Morgan fingerprint density at radius 1 is 1.06 bits per heavy atom. The van der Waals surface area contributed by atoms with Crippen LogP contribution in [0.2, 0.25) is 0 Å². The molecule has 0 saturated heterocycles. The Bertz CT molecular complexity index is 456. The van der Waals surface area contributed by atoms with Crippen LogP contribution in [0.3, 0.4) is 0 Å². The lowest BCUT2D eigenvalue weighted by molar-refractivity contribution is 0.583. The van der Waals surface area contributed by atoms with Crippen LogP contribution in [0.5, 0.6) is 0 Å². The number of thiophene rings is 1. The molecular formula is C16H21NS. The van der Waals surface area contributed by atoms with E-state index in [1.165, 1.54) is 16.0 Å². The quantitative estimate of drug-likeness (QED) is 0.819. The lowest BCUT2D eigenvalue weighted by atomic mass is 10.0. The summed E-state index contributed by atoms with van der Waals surface area (Å²) in [5.74, 6) is 0.608. The van der Waals surface area contributed by atoms with Gasteiger partial charge in [0, 0.05) is 17.5 Å². The van der Waals surface area contributed by atoms with Gasteiger partial charge in [-0.15, -0.1) is 11.3 Å². The molecule has 1 heterocycles. The molecule has 0 amide bonds. The predicted octanol–water partition coefficient (Wildman–Crippen LogP) is 4.72. The van der Waals surface area contributed by atoms with E-state index in [9.17, 15) is 0 Å². The summed E-state index contributed by atoms with van der Waals surface area (Å²) >= 11 is 1.81. The molecular weight excluding hydrogens is 238 g/mol. The smallest absolute Gasteiger partial charge is 0.0388 e. The normalized spacial score (nSPS) is 12.9. The Kier molecular flexibility index (Phi) is 4.56. The molecule has 2 aromatic rings. The number of rotatable bonds is 5. The molecule has 1 aromatic heterocycles. The standard InChI is InChI=1S/C16H21NS/c1-12(2)15-8-6-14(7-9-15)11-17-13(3)16-5-4-10-18-16/h4-10,12-13,17H,11H2,1-3H3/t13-/m1/s1. The van der Waals surface area contributed by atoms with E-state index in [1.54, 1.807) is 0 Å². The fourth-order valence-electron chi connectivity index (χ4n) is 1.93. The zero-order chi connectivity index (χ0) is 13.0. The lowest BCUT2D eigenvalue weighted by Crippen LogP contribution is -2.17. The fraction of sp³-hybridized carbons (Fsp3) is 0.375. The maximum absolute atomic E-state index is 3.56. The van der Waals surface area contributed by atoms with Gasteiger partial charge in [0.05, 0.1) is 0 Å². The van der Waals surface area contributed by atoms with Gasteiger partial charge >= 0.3 is 0 Å². The van der Waals surface area contributed by atoms with Crippen LogP contribution in [-0.2, 0) is 6.54 Å². The van der Waals surface area contributed by atoms with Gasteiger partial charge < -0.3 is 5.32 Å². The molecule has 1 nitrogen and oxygen atoms in total. The molecule has 96 valence electrons. The minimum absolute atomic E-state index is 0.426. The van der Waals surface area contributed by atoms with Gasteiger partial charge in [0.25, 0.3) is 0 Å². The highest BCUT2D eigenvalue weighted by atomic mass is 32.1. The third kappa shape index (κ3) is 3.44. The summed E-state index contributed by atoms with van der Waals surface area (Å²) in [6.45, 7) is 7.60. The summed E-state index contributed by atoms with van der Waals surface area (Å²) in [6.07, 6.45) is 0. The monoisotopic (exact) mass is 259 g/mol. The van der Waals surface area contributed by atoms with Crippen molar-refractivity contribution in [3.05, 3.63) is 57.8 Å². The van der Waals surface area contributed by atoms with Crippen LogP contribution >= 0.6 is 11.3 Å². The van der Waals surface area contributed by atoms with E-state index in [-0.39, 0.29) is 0 Å². The van der Waals surface area contributed by atoms with Crippen molar-refractivity contribution in [3.8, 4) is 0 Å². The number of nitrogens with one attached hydrogen (secondary N) is 1. The summed E-state index contributed by atoms with van der Waals surface area (Å²) < 4.78 is 0. The second-order valence-corrected chi connectivity index (χ2v) is 5.99. The van der Waals surface area contributed by atoms with Gasteiger partial charge in [0.2, 0.25) is 0 Å². The molecule has 2 rings (SSSR count). The summed E-state index contributed by atoms with van der Waals surface area (Å²) in [7, 11) is 0. The van der Waals surface area contributed by atoms with Crippen LogP contribution in [0.1, 0.15) is 48.7 Å². The molecule has 1 aromatic carbocycles. The molecule has 1 atom stereocenters. The first-order chi connectivity index (χ1) is 8.66. The van der Waals surface area contributed by atoms with Gasteiger partial charge in [-0.05, 0) is 35.4 Å². The maximum atomic E-state index is 3.56. The first-order valence-electron chi connectivity index (χ1n) is 6.52. The SMILES string of the molecule is CC(C)c1ccc(CN[C@H](C)c2cccs2)cc1. The second-order valence-electron chi connectivity index (χ2n) is 5.01. The van der Waals surface area contributed by atoms with Crippen molar-refractivity contribution in [2.24, 2.45) is 0 Å². The average Bonchev–Trinajstić information content (AvgIpc) is 2.90. The first-order valence-corrected chi connectivity index (χ1v) is 7.40. The highest BCUT2D eigenvalue weighted by Crippen LogP contribution is 2.19. The van der Waals surface area contributed by atoms with Crippen molar-refractivity contribution in [1.82, 2.24) is 5.32 Å². The predicted molar refractivity (Wildman–Crippen MR) is 80.1 cm³/mol. The first kappa shape index (κ1) is 13.3. The van der Waals surface area contributed by atoms with Gasteiger partial charge in [-0.25, -0.2) is 0 Å². The van der Waals surface area contributed by atoms with Crippen LogP contribution < -0.4 is 5.32 Å². The van der Waals surface area contributed by atoms with Gasteiger partial charge in [-0.2, -0.15) is 0 Å². The molecule has 0 saturated carbocycles. The van der Waals surface area contributed by atoms with E-state index in [1.807, 2.05) is 11.3 Å². The fourth-order valence-corrected chi connectivity index (χ4v) is 2.69. The minimum atomic E-state index is 0.426. The van der Waals surface area contributed by atoms with Crippen LogP contribution in [0.15, 0.2) is 41.8 Å². The molecule has 0 unspecified atom stereocenters. The largest absolute Gasteiger partial charge is 0.305 e.